The topological polar surface area (TPSA) is 66.5 Å². The molecule has 0 fully saturated rings. The van der Waals surface area contributed by atoms with Crippen LogP contribution in [0.4, 0.5) is 0 Å². The number of carbonyl (C=O) groups excluding carboxylic acids is 3. The number of carbonyl (C=O) groups is 3. The van der Waals surface area contributed by atoms with Crippen molar-refractivity contribution < 1.29 is 14.4 Å². The molecule has 0 spiro atoms. The number of nitrogens with one attached hydrogen (secondary N) is 1. The molecule has 5 nitrogen and oxygen atoms in total. The Hall–Kier alpha value is -1.07. The van der Waals surface area contributed by atoms with Crippen molar-refractivity contribution in [3.63, 3.8) is 0 Å². The van der Waals surface area contributed by atoms with Gasteiger partial charge in [0.1, 0.15) is 0 Å². The highest BCUT2D eigenvalue weighted by atomic mass is 16.1. The molecule has 0 saturated heterocycles. The molecule has 5 heteroatoms. The van der Waals surface area contributed by atoms with Gasteiger partial charge >= 0.3 is 0 Å². The number of Topliss-reactive ketones (excluding diaryl/α,β-unsaturated/α-hetero) is 3. The lowest BCUT2D eigenvalue weighted by molar-refractivity contribution is -0.135. The molecular formula is C22H42N2O3. The molecule has 1 atom stereocenters. The molecule has 0 amide bonds. The fourth-order valence-corrected chi connectivity index (χ4v) is 2.32. The van der Waals surface area contributed by atoms with Crippen molar-refractivity contribution in [2.45, 2.75) is 87.7 Å². The Balaban J connectivity index is 5.82. The van der Waals surface area contributed by atoms with Crippen LogP contribution in [0.2, 0.25) is 0 Å². The van der Waals surface area contributed by atoms with Crippen molar-refractivity contribution in [3.8, 4) is 0 Å². The maximum atomic E-state index is 13.0. The van der Waals surface area contributed by atoms with Crippen LogP contribution in [0.1, 0.15) is 76.2 Å². The van der Waals surface area contributed by atoms with Crippen molar-refractivity contribution >= 4 is 17.3 Å². The summed E-state index contributed by atoms with van der Waals surface area (Å²) in [4.78, 5) is 40.2. The number of ketones is 3. The highest BCUT2D eigenvalue weighted by Crippen LogP contribution is 2.20. The van der Waals surface area contributed by atoms with Gasteiger partial charge in [-0.25, -0.2) is 0 Å². The highest BCUT2D eigenvalue weighted by Gasteiger charge is 2.35. The lowest BCUT2D eigenvalue weighted by atomic mass is 9.87. The zero-order valence-electron chi connectivity index (χ0n) is 19.4. The van der Waals surface area contributed by atoms with E-state index in [2.05, 4.69) is 5.32 Å². The van der Waals surface area contributed by atoms with Gasteiger partial charge in [-0.1, -0.05) is 55.4 Å². The van der Waals surface area contributed by atoms with Gasteiger partial charge in [-0.3, -0.25) is 19.3 Å². The van der Waals surface area contributed by atoms with Crippen LogP contribution in [-0.2, 0) is 14.4 Å². The van der Waals surface area contributed by atoms with E-state index in [0.717, 1.165) is 0 Å². The third-order valence-electron chi connectivity index (χ3n) is 4.53. The Morgan fingerprint density at radius 1 is 0.778 bits per heavy atom. The average molecular weight is 383 g/mol. The van der Waals surface area contributed by atoms with Gasteiger partial charge in [-0.2, -0.15) is 0 Å². The van der Waals surface area contributed by atoms with E-state index in [0.29, 0.717) is 6.54 Å². The fourth-order valence-electron chi connectivity index (χ4n) is 2.32. The molecular weight excluding hydrogens is 340 g/mol. The maximum absolute atomic E-state index is 13.0. The molecule has 0 aliphatic carbocycles. The smallest absolute Gasteiger partial charge is 0.153 e. The van der Waals surface area contributed by atoms with E-state index in [1.807, 2.05) is 76.2 Å². The minimum atomic E-state index is -0.522. The maximum Gasteiger partial charge on any atom is 0.153 e. The van der Waals surface area contributed by atoms with Crippen LogP contribution in [-0.4, -0.2) is 53.5 Å². The Labute approximate surface area is 166 Å². The van der Waals surface area contributed by atoms with Crippen LogP contribution < -0.4 is 5.32 Å². The minimum Gasteiger partial charge on any atom is -0.310 e. The van der Waals surface area contributed by atoms with Gasteiger partial charge in [0.05, 0.1) is 19.1 Å². The summed E-state index contributed by atoms with van der Waals surface area (Å²) in [6.07, 6.45) is 0. The quantitative estimate of drug-likeness (QED) is 0.661. The molecule has 27 heavy (non-hydrogen) atoms. The van der Waals surface area contributed by atoms with Gasteiger partial charge in [0, 0.05) is 28.8 Å². The van der Waals surface area contributed by atoms with Crippen molar-refractivity contribution in [2.75, 3.05) is 19.6 Å². The van der Waals surface area contributed by atoms with Gasteiger partial charge in [0.15, 0.2) is 17.3 Å². The second-order valence-corrected chi connectivity index (χ2v) is 11.0. The van der Waals surface area contributed by atoms with Crippen LogP contribution >= 0.6 is 0 Å². The zero-order valence-corrected chi connectivity index (χ0v) is 19.4. The predicted molar refractivity (Wildman–Crippen MR) is 112 cm³/mol. The molecule has 0 aliphatic rings. The number of rotatable bonds is 9. The highest BCUT2D eigenvalue weighted by molar-refractivity contribution is 5.91. The van der Waals surface area contributed by atoms with E-state index in [4.69, 9.17) is 0 Å². The summed E-state index contributed by atoms with van der Waals surface area (Å²) in [5.74, 6) is -0.0630. The summed E-state index contributed by atoms with van der Waals surface area (Å²) in [7, 11) is 0. The van der Waals surface area contributed by atoms with Crippen LogP contribution in [0.5, 0.6) is 0 Å². The monoisotopic (exact) mass is 382 g/mol. The van der Waals surface area contributed by atoms with Crippen molar-refractivity contribution in [2.24, 2.45) is 16.7 Å². The molecule has 1 unspecified atom stereocenters. The van der Waals surface area contributed by atoms with Crippen LogP contribution in [0.25, 0.3) is 0 Å². The van der Waals surface area contributed by atoms with E-state index in [-0.39, 0.29) is 41.9 Å². The normalized spacial score (nSPS) is 14.6. The molecule has 0 saturated carbocycles. The first-order valence-electron chi connectivity index (χ1n) is 9.95. The molecule has 0 aromatic heterocycles. The van der Waals surface area contributed by atoms with E-state index in [1.165, 1.54) is 0 Å². The Kier molecular flexibility index (Phi) is 9.05. The Morgan fingerprint density at radius 3 is 1.41 bits per heavy atom. The lowest BCUT2D eigenvalue weighted by Gasteiger charge is -2.36. The second kappa shape index (κ2) is 9.42. The third-order valence-corrected chi connectivity index (χ3v) is 4.53. The van der Waals surface area contributed by atoms with Crippen molar-refractivity contribution in [1.29, 1.82) is 0 Å². The summed E-state index contributed by atoms with van der Waals surface area (Å²) in [6, 6.07) is -0.512. The average Bonchev–Trinajstić information content (AvgIpc) is 2.43. The number of nitrogens with zero attached hydrogens (tertiary/aromatic N) is 1. The fraction of sp³-hybridized carbons (Fsp3) is 0.864. The first kappa shape index (κ1) is 25.9. The van der Waals surface area contributed by atoms with Gasteiger partial charge < -0.3 is 5.32 Å². The first-order valence-corrected chi connectivity index (χ1v) is 9.95. The third kappa shape index (κ3) is 9.61. The number of hydrogen-bond acceptors (Lipinski definition) is 5. The van der Waals surface area contributed by atoms with Crippen LogP contribution in [0, 0.1) is 16.7 Å². The lowest BCUT2D eigenvalue weighted by Crippen LogP contribution is -2.56. The molecule has 0 aliphatic heterocycles. The number of hydrogen-bond donors (Lipinski definition) is 1. The van der Waals surface area contributed by atoms with Crippen LogP contribution in [0.15, 0.2) is 0 Å². The van der Waals surface area contributed by atoms with E-state index in [9.17, 15) is 14.4 Å². The molecule has 158 valence electrons. The van der Waals surface area contributed by atoms with E-state index in [1.54, 1.807) is 4.90 Å². The molecule has 0 aromatic carbocycles. The predicted octanol–water partition coefficient (Wildman–Crippen LogP) is 3.50. The van der Waals surface area contributed by atoms with Gasteiger partial charge in [-0.05, 0) is 20.8 Å². The Morgan fingerprint density at radius 2 is 1.15 bits per heavy atom. The van der Waals surface area contributed by atoms with Gasteiger partial charge in [0.2, 0.25) is 0 Å². The summed E-state index contributed by atoms with van der Waals surface area (Å²) >= 11 is 0. The molecule has 0 rings (SSSR count). The zero-order chi connectivity index (χ0) is 21.8. The summed E-state index contributed by atoms with van der Waals surface area (Å²) in [6.45, 7) is 21.6. The standard InChI is InChI=1S/C22H42N2O3/c1-15(2)19(27)16(12-23-22(9,10)11)24(13-17(25)20(3,4)5)14-18(26)21(6,7)8/h15-16,23H,12-14H2,1-11H3. The molecule has 1 N–H and O–H groups in total. The molecule has 0 heterocycles. The molecule has 0 aromatic rings. The molecule has 0 bridgehead atoms. The SMILES string of the molecule is CC(C)C(=O)C(CNC(C)(C)C)N(CC(=O)C(C)(C)C)CC(=O)C(C)(C)C. The van der Waals surface area contributed by atoms with E-state index >= 15 is 0 Å². The Bertz CT molecular complexity index is 503. The minimum absolute atomic E-state index is 0.0292. The van der Waals surface area contributed by atoms with Crippen molar-refractivity contribution in [3.05, 3.63) is 0 Å². The summed E-state index contributed by atoms with van der Waals surface area (Å²) in [5.41, 5.74) is -1.21. The summed E-state index contributed by atoms with van der Waals surface area (Å²) < 4.78 is 0. The van der Waals surface area contributed by atoms with Crippen molar-refractivity contribution in [1.82, 2.24) is 10.2 Å². The first-order chi connectivity index (χ1) is 11.9. The summed E-state index contributed by atoms with van der Waals surface area (Å²) in [5, 5.41) is 3.38. The molecule has 0 radical (unpaired) electrons. The largest absolute Gasteiger partial charge is 0.310 e. The van der Waals surface area contributed by atoms with Crippen LogP contribution in [0.3, 0.4) is 0 Å². The van der Waals surface area contributed by atoms with Gasteiger partial charge in [0.25, 0.3) is 0 Å². The second-order valence-electron chi connectivity index (χ2n) is 11.0. The van der Waals surface area contributed by atoms with E-state index < -0.39 is 16.9 Å². The van der Waals surface area contributed by atoms with Gasteiger partial charge in [-0.15, -0.1) is 0 Å².